The maximum absolute atomic E-state index is 12.4. The quantitative estimate of drug-likeness (QED) is 0.901. The first kappa shape index (κ1) is 13.6. The summed E-state index contributed by atoms with van der Waals surface area (Å²) in [4.78, 5) is 17.0. The molecule has 0 aliphatic heterocycles. The third-order valence-corrected chi connectivity index (χ3v) is 2.89. The smallest absolute Gasteiger partial charge is 0.270 e. The van der Waals surface area contributed by atoms with Gasteiger partial charge in [0.25, 0.3) is 5.91 Å². The van der Waals surface area contributed by atoms with E-state index < -0.39 is 0 Å². The molecular weight excluding hydrogens is 238 g/mol. The number of nitrogens with zero attached hydrogens (tertiary/aromatic N) is 2. The number of carbonyl (C=O) groups is 1. The number of rotatable bonds is 2. The summed E-state index contributed by atoms with van der Waals surface area (Å²) in [6.07, 6.45) is 2.65. The standard InChI is InChI=1S/C15H21N3O/c1-6-11-13(14(19)17-15(3,4)5)18-8-7-10(2)9-12(18)16-11/h7-9H,6H2,1-5H3,(H,17,19). The van der Waals surface area contributed by atoms with Crippen molar-refractivity contribution < 1.29 is 4.79 Å². The molecule has 102 valence electrons. The first-order chi connectivity index (χ1) is 8.81. The second kappa shape index (κ2) is 4.68. The molecule has 0 radical (unpaired) electrons. The zero-order chi connectivity index (χ0) is 14.2. The zero-order valence-corrected chi connectivity index (χ0v) is 12.2. The van der Waals surface area contributed by atoms with E-state index >= 15 is 0 Å². The van der Waals surface area contributed by atoms with Crippen molar-refractivity contribution in [1.82, 2.24) is 14.7 Å². The van der Waals surface area contributed by atoms with Crippen molar-refractivity contribution in [2.45, 2.75) is 46.6 Å². The van der Waals surface area contributed by atoms with Crippen molar-refractivity contribution in [3.63, 3.8) is 0 Å². The molecule has 0 atom stereocenters. The fraction of sp³-hybridized carbons (Fsp3) is 0.467. The second-order valence-electron chi connectivity index (χ2n) is 5.90. The van der Waals surface area contributed by atoms with E-state index in [9.17, 15) is 4.79 Å². The van der Waals surface area contributed by atoms with Gasteiger partial charge in [0.15, 0.2) is 0 Å². The Bertz CT molecular complexity index is 620. The Morgan fingerprint density at radius 2 is 2.11 bits per heavy atom. The van der Waals surface area contributed by atoms with Crippen LogP contribution >= 0.6 is 0 Å². The Balaban J connectivity index is 2.54. The van der Waals surface area contributed by atoms with Crippen LogP contribution in [0, 0.1) is 6.92 Å². The molecular formula is C15H21N3O. The number of fused-ring (bicyclic) bond motifs is 1. The Hall–Kier alpha value is -1.84. The number of hydrogen-bond acceptors (Lipinski definition) is 2. The summed E-state index contributed by atoms with van der Waals surface area (Å²) in [6.45, 7) is 9.97. The highest BCUT2D eigenvalue weighted by molar-refractivity contribution is 5.95. The highest BCUT2D eigenvalue weighted by Gasteiger charge is 2.22. The number of imidazole rings is 1. The van der Waals surface area contributed by atoms with Gasteiger partial charge in [-0.15, -0.1) is 0 Å². The van der Waals surface area contributed by atoms with E-state index in [-0.39, 0.29) is 11.4 Å². The number of carbonyl (C=O) groups excluding carboxylic acids is 1. The fourth-order valence-electron chi connectivity index (χ4n) is 2.08. The highest BCUT2D eigenvalue weighted by Crippen LogP contribution is 2.16. The summed E-state index contributed by atoms with van der Waals surface area (Å²) in [5.74, 6) is -0.0688. The number of pyridine rings is 1. The van der Waals surface area contributed by atoms with Crippen molar-refractivity contribution in [3.05, 3.63) is 35.3 Å². The fourth-order valence-corrected chi connectivity index (χ4v) is 2.08. The molecule has 4 nitrogen and oxygen atoms in total. The predicted octanol–water partition coefficient (Wildman–Crippen LogP) is 2.73. The van der Waals surface area contributed by atoms with E-state index in [1.165, 1.54) is 0 Å². The molecule has 0 aliphatic rings. The average Bonchev–Trinajstić information content (AvgIpc) is 2.63. The summed E-state index contributed by atoms with van der Waals surface area (Å²) >= 11 is 0. The molecule has 0 spiro atoms. The third kappa shape index (κ3) is 2.78. The molecule has 2 rings (SSSR count). The van der Waals surface area contributed by atoms with Crippen LogP contribution < -0.4 is 5.32 Å². The van der Waals surface area contributed by atoms with Crippen LogP contribution in [0.15, 0.2) is 18.3 Å². The van der Waals surface area contributed by atoms with Gasteiger partial charge in [-0.3, -0.25) is 9.20 Å². The van der Waals surface area contributed by atoms with Gasteiger partial charge >= 0.3 is 0 Å². The minimum atomic E-state index is -0.253. The number of nitrogens with one attached hydrogen (secondary N) is 1. The number of hydrogen-bond donors (Lipinski definition) is 1. The number of aromatic nitrogens is 2. The van der Waals surface area contributed by atoms with Crippen molar-refractivity contribution in [3.8, 4) is 0 Å². The van der Waals surface area contributed by atoms with Crippen molar-refractivity contribution in [2.75, 3.05) is 0 Å². The molecule has 0 aliphatic carbocycles. The van der Waals surface area contributed by atoms with Crippen LogP contribution in [0.25, 0.3) is 5.65 Å². The molecule has 0 aromatic carbocycles. The number of aryl methyl sites for hydroxylation is 2. The van der Waals surface area contributed by atoms with E-state index in [0.29, 0.717) is 5.69 Å². The third-order valence-electron chi connectivity index (χ3n) is 2.89. The van der Waals surface area contributed by atoms with E-state index in [2.05, 4.69) is 10.3 Å². The van der Waals surface area contributed by atoms with E-state index in [0.717, 1.165) is 23.3 Å². The monoisotopic (exact) mass is 259 g/mol. The van der Waals surface area contributed by atoms with Crippen molar-refractivity contribution in [2.24, 2.45) is 0 Å². The summed E-state index contributed by atoms with van der Waals surface area (Å²) in [5, 5.41) is 3.00. The maximum Gasteiger partial charge on any atom is 0.270 e. The lowest BCUT2D eigenvalue weighted by Gasteiger charge is -2.20. The van der Waals surface area contributed by atoms with Gasteiger partial charge in [-0.2, -0.15) is 0 Å². The Labute approximate surface area is 113 Å². The van der Waals surface area contributed by atoms with Crippen molar-refractivity contribution >= 4 is 11.6 Å². The van der Waals surface area contributed by atoms with Gasteiger partial charge < -0.3 is 5.32 Å². The zero-order valence-electron chi connectivity index (χ0n) is 12.2. The Morgan fingerprint density at radius 3 is 2.68 bits per heavy atom. The van der Waals surface area contributed by atoms with Gasteiger partial charge in [0.05, 0.1) is 5.69 Å². The summed E-state index contributed by atoms with van der Waals surface area (Å²) in [7, 11) is 0. The maximum atomic E-state index is 12.4. The second-order valence-corrected chi connectivity index (χ2v) is 5.90. The molecule has 0 saturated carbocycles. The molecule has 2 aromatic rings. The number of amides is 1. The van der Waals surface area contributed by atoms with Gasteiger partial charge in [0.1, 0.15) is 11.3 Å². The van der Waals surface area contributed by atoms with Crippen LogP contribution in [-0.2, 0) is 6.42 Å². The highest BCUT2D eigenvalue weighted by atomic mass is 16.2. The SMILES string of the molecule is CCc1nc2cc(C)ccn2c1C(=O)NC(C)(C)C. The minimum absolute atomic E-state index is 0.0688. The van der Waals surface area contributed by atoms with Gasteiger partial charge in [0.2, 0.25) is 0 Å². The predicted molar refractivity (Wildman–Crippen MR) is 76.5 cm³/mol. The Kier molecular flexibility index (Phi) is 3.35. The van der Waals surface area contributed by atoms with Crippen LogP contribution in [-0.4, -0.2) is 20.8 Å². The van der Waals surface area contributed by atoms with E-state index in [4.69, 9.17) is 0 Å². The van der Waals surface area contributed by atoms with Gasteiger partial charge in [-0.25, -0.2) is 4.98 Å². The van der Waals surface area contributed by atoms with Crippen LogP contribution in [0.4, 0.5) is 0 Å². The van der Waals surface area contributed by atoms with Gasteiger partial charge in [-0.1, -0.05) is 6.92 Å². The first-order valence-corrected chi connectivity index (χ1v) is 6.62. The molecule has 0 fully saturated rings. The first-order valence-electron chi connectivity index (χ1n) is 6.62. The van der Waals surface area contributed by atoms with Gasteiger partial charge in [-0.05, 0) is 51.8 Å². The van der Waals surface area contributed by atoms with Crippen LogP contribution in [0.5, 0.6) is 0 Å². The lowest BCUT2D eigenvalue weighted by atomic mass is 10.1. The molecule has 0 saturated heterocycles. The van der Waals surface area contributed by atoms with Gasteiger partial charge in [0, 0.05) is 11.7 Å². The lowest BCUT2D eigenvalue weighted by Crippen LogP contribution is -2.41. The average molecular weight is 259 g/mol. The molecule has 0 unspecified atom stereocenters. The van der Waals surface area contributed by atoms with E-state index in [1.54, 1.807) is 0 Å². The van der Waals surface area contributed by atoms with Crippen molar-refractivity contribution in [1.29, 1.82) is 0 Å². The molecule has 19 heavy (non-hydrogen) atoms. The molecule has 2 heterocycles. The van der Waals surface area contributed by atoms with Crippen LogP contribution in [0.2, 0.25) is 0 Å². The largest absolute Gasteiger partial charge is 0.346 e. The van der Waals surface area contributed by atoms with Crippen LogP contribution in [0.1, 0.15) is 49.4 Å². The van der Waals surface area contributed by atoms with E-state index in [1.807, 2.05) is 57.3 Å². The molecule has 1 amide bonds. The summed E-state index contributed by atoms with van der Waals surface area (Å²) < 4.78 is 1.87. The molecule has 2 aromatic heterocycles. The lowest BCUT2D eigenvalue weighted by molar-refractivity contribution is 0.0912. The molecule has 1 N–H and O–H groups in total. The minimum Gasteiger partial charge on any atom is -0.346 e. The summed E-state index contributed by atoms with van der Waals surface area (Å²) in [6, 6.07) is 3.98. The normalized spacial score (nSPS) is 11.8. The Morgan fingerprint density at radius 1 is 1.42 bits per heavy atom. The van der Waals surface area contributed by atoms with Crippen LogP contribution in [0.3, 0.4) is 0 Å². The summed E-state index contributed by atoms with van der Waals surface area (Å²) in [5.41, 5.74) is 3.20. The molecule has 4 heteroatoms. The molecule has 0 bridgehead atoms. The topological polar surface area (TPSA) is 46.4 Å².